The number of hydrogen-bond donors (Lipinski definition) is 1. The van der Waals surface area contributed by atoms with Crippen LogP contribution in [0, 0.1) is 10.1 Å². The maximum Gasteiger partial charge on any atom is 0.232 e. The summed E-state index contributed by atoms with van der Waals surface area (Å²) in [6, 6.07) is 11.3. The molecule has 6 heteroatoms. The molecule has 0 radical (unpaired) electrons. The summed E-state index contributed by atoms with van der Waals surface area (Å²) in [7, 11) is 0. The molecule has 0 spiro atoms. The molecule has 0 bridgehead atoms. The fourth-order valence-corrected chi connectivity index (χ4v) is 3.33. The summed E-state index contributed by atoms with van der Waals surface area (Å²) >= 11 is 1.62. The molecule has 1 N–H and O–H groups in total. The Morgan fingerprint density at radius 2 is 1.91 bits per heavy atom. The van der Waals surface area contributed by atoms with Gasteiger partial charge in [-0.3, -0.25) is 10.1 Å². The largest absolute Gasteiger partial charge is 0.313 e. The van der Waals surface area contributed by atoms with E-state index in [-0.39, 0.29) is 11.0 Å². The quantitative estimate of drug-likeness (QED) is 0.623. The molecule has 0 saturated heterocycles. The van der Waals surface area contributed by atoms with Crippen LogP contribution in [0.1, 0.15) is 30.3 Å². The molecular formula is C16H20N2O3S. The van der Waals surface area contributed by atoms with E-state index in [1.165, 1.54) is 6.92 Å². The minimum absolute atomic E-state index is 0.216. The lowest BCUT2D eigenvalue weighted by Gasteiger charge is -2.31. The van der Waals surface area contributed by atoms with Gasteiger partial charge in [0.05, 0.1) is 0 Å². The molecule has 0 fully saturated rings. The van der Waals surface area contributed by atoms with E-state index in [0.29, 0.717) is 6.42 Å². The van der Waals surface area contributed by atoms with E-state index >= 15 is 0 Å². The Balaban J connectivity index is 2.22. The second kappa shape index (κ2) is 7.49. The van der Waals surface area contributed by atoms with Gasteiger partial charge in [0.1, 0.15) is 6.04 Å². The standard InChI is InChI=1S/C16H20N2O3S/c1-12(11-15-9-6-10-22-15)17(19)16(13(2)18(20)21)14-7-4-3-5-8-14/h3-10,12-13,16,19H,11H2,1-2H3. The van der Waals surface area contributed by atoms with Crippen LogP contribution in [-0.2, 0) is 6.42 Å². The number of rotatable bonds is 7. The summed E-state index contributed by atoms with van der Waals surface area (Å²) in [5.74, 6) is 0. The highest BCUT2D eigenvalue weighted by molar-refractivity contribution is 7.09. The van der Waals surface area contributed by atoms with Crippen molar-refractivity contribution in [2.45, 2.75) is 38.4 Å². The van der Waals surface area contributed by atoms with E-state index < -0.39 is 12.1 Å². The maximum atomic E-state index is 11.2. The van der Waals surface area contributed by atoms with Gasteiger partial charge in [-0.25, -0.2) is 0 Å². The monoisotopic (exact) mass is 320 g/mol. The Kier molecular flexibility index (Phi) is 5.65. The average Bonchev–Trinajstić information content (AvgIpc) is 3.01. The van der Waals surface area contributed by atoms with Gasteiger partial charge in [0.15, 0.2) is 0 Å². The maximum absolute atomic E-state index is 11.2. The molecule has 2 rings (SSSR count). The van der Waals surface area contributed by atoms with Crippen LogP contribution in [-0.4, -0.2) is 27.3 Å². The van der Waals surface area contributed by atoms with Crippen LogP contribution < -0.4 is 0 Å². The SMILES string of the molecule is CC(Cc1cccs1)N(O)C(c1ccccc1)C(C)[N+](=O)[O-]. The van der Waals surface area contributed by atoms with Crippen LogP contribution >= 0.6 is 11.3 Å². The van der Waals surface area contributed by atoms with Crippen molar-refractivity contribution in [1.29, 1.82) is 0 Å². The van der Waals surface area contributed by atoms with Crippen molar-refractivity contribution in [2.24, 2.45) is 0 Å². The van der Waals surface area contributed by atoms with Crippen molar-refractivity contribution >= 4 is 11.3 Å². The molecule has 2 aromatic rings. The first-order chi connectivity index (χ1) is 10.5. The van der Waals surface area contributed by atoms with Crippen molar-refractivity contribution in [3.8, 4) is 0 Å². The predicted octanol–water partition coefficient (Wildman–Crippen LogP) is 3.78. The first-order valence-electron chi connectivity index (χ1n) is 7.18. The topological polar surface area (TPSA) is 66.6 Å². The fraction of sp³-hybridized carbons (Fsp3) is 0.375. The third kappa shape index (κ3) is 3.91. The van der Waals surface area contributed by atoms with Crippen molar-refractivity contribution < 1.29 is 10.1 Å². The number of hydrogen-bond acceptors (Lipinski definition) is 5. The van der Waals surface area contributed by atoms with E-state index in [4.69, 9.17) is 0 Å². The molecule has 5 nitrogen and oxygen atoms in total. The van der Waals surface area contributed by atoms with Crippen LogP contribution in [0.2, 0.25) is 0 Å². The Morgan fingerprint density at radius 3 is 2.45 bits per heavy atom. The molecule has 0 aliphatic heterocycles. The lowest BCUT2D eigenvalue weighted by atomic mass is 9.98. The highest BCUT2D eigenvalue weighted by Crippen LogP contribution is 2.27. The summed E-state index contributed by atoms with van der Waals surface area (Å²) in [6.45, 7) is 3.40. The molecule has 1 heterocycles. The van der Waals surface area contributed by atoms with Gasteiger partial charge in [-0.05, 0) is 30.4 Å². The highest BCUT2D eigenvalue weighted by atomic mass is 32.1. The van der Waals surface area contributed by atoms with Gasteiger partial charge in [-0.2, -0.15) is 5.06 Å². The van der Waals surface area contributed by atoms with Crippen molar-refractivity contribution in [3.05, 3.63) is 68.4 Å². The fourth-order valence-electron chi connectivity index (χ4n) is 2.51. The van der Waals surface area contributed by atoms with Crippen LogP contribution in [0.25, 0.3) is 0 Å². The average molecular weight is 320 g/mol. The highest BCUT2D eigenvalue weighted by Gasteiger charge is 2.35. The first kappa shape index (κ1) is 16.6. The molecule has 118 valence electrons. The zero-order chi connectivity index (χ0) is 16.1. The van der Waals surface area contributed by atoms with Gasteiger partial charge in [-0.15, -0.1) is 11.3 Å². The van der Waals surface area contributed by atoms with Crippen LogP contribution in [0.4, 0.5) is 0 Å². The third-order valence-electron chi connectivity index (χ3n) is 3.74. The minimum Gasteiger partial charge on any atom is -0.313 e. The minimum atomic E-state index is -0.904. The molecule has 3 atom stereocenters. The first-order valence-corrected chi connectivity index (χ1v) is 8.06. The Bertz CT molecular complexity index is 589. The molecule has 1 aromatic carbocycles. The second-order valence-electron chi connectivity index (χ2n) is 5.39. The van der Waals surface area contributed by atoms with Crippen molar-refractivity contribution in [2.75, 3.05) is 0 Å². The smallest absolute Gasteiger partial charge is 0.232 e. The lowest BCUT2D eigenvalue weighted by Crippen LogP contribution is -2.42. The van der Waals surface area contributed by atoms with Crippen molar-refractivity contribution in [3.63, 3.8) is 0 Å². The van der Waals surface area contributed by atoms with Crippen LogP contribution in [0.15, 0.2) is 47.8 Å². The normalized spacial score (nSPS) is 15.5. The van der Waals surface area contributed by atoms with E-state index in [2.05, 4.69) is 0 Å². The summed E-state index contributed by atoms with van der Waals surface area (Å²) in [4.78, 5) is 12.0. The molecule has 1 aromatic heterocycles. The third-order valence-corrected chi connectivity index (χ3v) is 4.64. The van der Waals surface area contributed by atoms with E-state index in [1.807, 2.05) is 54.8 Å². The van der Waals surface area contributed by atoms with Gasteiger partial charge in [0.2, 0.25) is 6.04 Å². The molecule has 0 aliphatic carbocycles. The van der Waals surface area contributed by atoms with Gasteiger partial charge < -0.3 is 5.21 Å². The summed E-state index contributed by atoms with van der Waals surface area (Å²) < 4.78 is 0. The zero-order valence-corrected chi connectivity index (χ0v) is 13.4. The molecule has 3 unspecified atom stereocenters. The number of benzene rings is 1. The second-order valence-corrected chi connectivity index (χ2v) is 6.43. The molecule has 0 amide bonds. The van der Waals surface area contributed by atoms with Gasteiger partial charge >= 0.3 is 0 Å². The number of nitrogens with zero attached hydrogens (tertiary/aromatic N) is 2. The Hall–Kier alpha value is -1.76. The van der Waals surface area contributed by atoms with Gasteiger partial charge in [0, 0.05) is 22.8 Å². The molecule has 0 saturated carbocycles. The van der Waals surface area contributed by atoms with E-state index in [9.17, 15) is 15.3 Å². The zero-order valence-electron chi connectivity index (χ0n) is 12.6. The van der Waals surface area contributed by atoms with E-state index in [0.717, 1.165) is 15.5 Å². The lowest BCUT2D eigenvalue weighted by molar-refractivity contribution is -0.533. The predicted molar refractivity (Wildman–Crippen MR) is 86.7 cm³/mol. The van der Waals surface area contributed by atoms with Gasteiger partial charge in [0.25, 0.3) is 0 Å². The Morgan fingerprint density at radius 1 is 1.23 bits per heavy atom. The molecule has 0 aliphatic rings. The summed E-state index contributed by atoms with van der Waals surface area (Å²) in [5, 5.41) is 24.9. The number of hydroxylamine groups is 2. The summed E-state index contributed by atoms with van der Waals surface area (Å²) in [6.07, 6.45) is 0.655. The van der Waals surface area contributed by atoms with Gasteiger partial charge in [-0.1, -0.05) is 36.4 Å². The molecular weight excluding hydrogens is 300 g/mol. The van der Waals surface area contributed by atoms with Crippen LogP contribution in [0.3, 0.4) is 0 Å². The van der Waals surface area contributed by atoms with Crippen LogP contribution in [0.5, 0.6) is 0 Å². The molecule has 22 heavy (non-hydrogen) atoms. The van der Waals surface area contributed by atoms with Crippen molar-refractivity contribution in [1.82, 2.24) is 5.06 Å². The van der Waals surface area contributed by atoms with E-state index in [1.54, 1.807) is 11.3 Å². The number of nitro groups is 1. The number of thiophene rings is 1. The summed E-state index contributed by atoms with van der Waals surface area (Å²) in [5.41, 5.74) is 0.743. The Labute approximate surface area is 133 Å².